The predicted octanol–water partition coefficient (Wildman–Crippen LogP) is 0.237. The fourth-order valence-corrected chi connectivity index (χ4v) is 1.16. The number of nitrogens with two attached hydrogens (primary N) is 1. The van der Waals surface area contributed by atoms with Crippen LogP contribution in [-0.2, 0) is 6.54 Å². The third kappa shape index (κ3) is 3.71. The standard InChI is InChI=1S/C10H17N3O2/c1-8(2)7-13-10(14)5-9(6-12-13)15-4-3-11/h5-6,8H,3-4,7,11H2,1-2H3. The van der Waals surface area contributed by atoms with E-state index in [0.717, 1.165) is 0 Å². The van der Waals surface area contributed by atoms with Gasteiger partial charge in [-0.3, -0.25) is 4.79 Å². The van der Waals surface area contributed by atoms with Crippen LogP contribution in [-0.4, -0.2) is 22.9 Å². The fraction of sp³-hybridized carbons (Fsp3) is 0.600. The number of hydrogen-bond donors (Lipinski definition) is 1. The molecule has 0 atom stereocenters. The van der Waals surface area contributed by atoms with E-state index < -0.39 is 0 Å². The van der Waals surface area contributed by atoms with Crippen LogP contribution in [0, 0.1) is 5.92 Å². The minimum atomic E-state index is -0.141. The Balaban J connectivity index is 2.74. The van der Waals surface area contributed by atoms with Crippen LogP contribution in [0.25, 0.3) is 0 Å². The quantitative estimate of drug-likeness (QED) is 0.757. The monoisotopic (exact) mass is 211 g/mol. The summed E-state index contributed by atoms with van der Waals surface area (Å²) in [5.74, 6) is 0.872. The molecule has 1 aromatic rings. The summed E-state index contributed by atoms with van der Waals surface area (Å²) in [6.07, 6.45) is 1.54. The molecule has 0 bridgehead atoms. The highest BCUT2D eigenvalue weighted by Gasteiger charge is 2.02. The van der Waals surface area contributed by atoms with Crippen LogP contribution in [0.2, 0.25) is 0 Å². The summed E-state index contributed by atoms with van der Waals surface area (Å²) in [7, 11) is 0. The molecule has 0 aromatic carbocycles. The van der Waals surface area contributed by atoms with Crippen molar-refractivity contribution in [2.24, 2.45) is 11.7 Å². The first kappa shape index (κ1) is 11.7. The average Bonchev–Trinajstić information content (AvgIpc) is 2.18. The van der Waals surface area contributed by atoms with Gasteiger partial charge >= 0.3 is 0 Å². The van der Waals surface area contributed by atoms with E-state index in [1.54, 1.807) is 6.20 Å². The molecule has 5 nitrogen and oxygen atoms in total. The van der Waals surface area contributed by atoms with Crippen LogP contribution in [0.1, 0.15) is 13.8 Å². The minimum absolute atomic E-state index is 0.141. The Morgan fingerprint density at radius 1 is 1.60 bits per heavy atom. The number of hydrogen-bond acceptors (Lipinski definition) is 4. The largest absolute Gasteiger partial charge is 0.490 e. The van der Waals surface area contributed by atoms with Crippen molar-refractivity contribution in [2.45, 2.75) is 20.4 Å². The smallest absolute Gasteiger partial charge is 0.270 e. The van der Waals surface area contributed by atoms with Crippen LogP contribution < -0.4 is 16.0 Å². The van der Waals surface area contributed by atoms with Gasteiger partial charge in [0.2, 0.25) is 0 Å². The van der Waals surface area contributed by atoms with Gasteiger partial charge in [0.15, 0.2) is 0 Å². The van der Waals surface area contributed by atoms with Crippen molar-refractivity contribution in [1.82, 2.24) is 9.78 Å². The summed E-state index contributed by atoms with van der Waals surface area (Å²) in [4.78, 5) is 11.5. The van der Waals surface area contributed by atoms with Crippen molar-refractivity contribution in [3.05, 3.63) is 22.6 Å². The normalized spacial score (nSPS) is 10.7. The Morgan fingerprint density at radius 2 is 2.33 bits per heavy atom. The van der Waals surface area contributed by atoms with Gasteiger partial charge in [0, 0.05) is 19.2 Å². The highest BCUT2D eigenvalue weighted by Crippen LogP contribution is 2.03. The lowest BCUT2D eigenvalue weighted by molar-refractivity contribution is 0.322. The van der Waals surface area contributed by atoms with Gasteiger partial charge in [0.1, 0.15) is 12.4 Å². The van der Waals surface area contributed by atoms with Gasteiger partial charge in [0.05, 0.1) is 6.20 Å². The van der Waals surface area contributed by atoms with Gasteiger partial charge in [-0.2, -0.15) is 5.10 Å². The molecule has 0 radical (unpaired) electrons. The zero-order chi connectivity index (χ0) is 11.3. The van der Waals surface area contributed by atoms with Crippen LogP contribution in [0.5, 0.6) is 5.75 Å². The molecule has 0 spiro atoms. The van der Waals surface area contributed by atoms with E-state index in [4.69, 9.17) is 10.5 Å². The molecule has 0 fully saturated rings. The molecule has 1 heterocycles. The second kappa shape index (κ2) is 5.50. The summed E-state index contributed by atoms with van der Waals surface area (Å²) in [5.41, 5.74) is 5.14. The van der Waals surface area contributed by atoms with Crippen molar-refractivity contribution in [1.29, 1.82) is 0 Å². The molecule has 0 aliphatic rings. The second-order valence-corrected chi connectivity index (χ2v) is 3.74. The van der Waals surface area contributed by atoms with E-state index in [0.29, 0.717) is 31.4 Å². The predicted molar refractivity (Wildman–Crippen MR) is 57.9 cm³/mol. The Kier molecular flexibility index (Phi) is 4.30. The first-order chi connectivity index (χ1) is 7.13. The first-order valence-corrected chi connectivity index (χ1v) is 5.03. The van der Waals surface area contributed by atoms with Gasteiger partial charge < -0.3 is 10.5 Å². The molecule has 0 unspecified atom stereocenters. The molecule has 0 saturated carbocycles. The van der Waals surface area contributed by atoms with Gasteiger partial charge in [-0.15, -0.1) is 0 Å². The fourth-order valence-electron chi connectivity index (χ4n) is 1.16. The number of aromatic nitrogens is 2. The van der Waals surface area contributed by atoms with E-state index in [9.17, 15) is 4.79 Å². The zero-order valence-corrected chi connectivity index (χ0v) is 9.14. The molecule has 1 rings (SSSR count). The third-order valence-corrected chi connectivity index (χ3v) is 1.77. The van der Waals surface area contributed by atoms with Crippen molar-refractivity contribution in [3.8, 4) is 5.75 Å². The summed E-state index contributed by atoms with van der Waals surface area (Å²) in [6.45, 7) is 5.51. The molecule has 84 valence electrons. The van der Waals surface area contributed by atoms with Crippen molar-refractivity contribution < 1.29 is 4.74 Å². The number of ether oxygens (including phenoxy) is 1. The van der Waals surface area contributed by atoms with Gasteiger partial charge in [0.25, 0.3) is 5.56 Å². The maximum Gasteiger partial charge on any atom is 0.270 e. The van der Waals surface area contributed by atoms with E-state index in [1.165, 1.54) is 10.7 Å². The number of nitrogens with zero attached hydrogens (tertiary/aromatic N) is 2. The van der Waals surface area contributed by atoms with Gasteiger partial charge in [-0.05, 0) is 5.92 Å². The van der Waals surface area contributed by atoms with Crippen LogP contribution >= 0.6 is 0 Å². The maximum absolute atomic E-state index is 11.5. The van der Waals surface area contributed by atoms with Crippen LogP contribution in [0.15, 0.2) is 17.1 Å². The highest BCUT2D eigenvalue weighted by atomic mass is 16.5. The van der Waals surface area contributed by atoms with E-state index >= 15 is 0 Å². The Labute approximate surface area is 88.9 Å². The summed E-state index contributed by atoms with van der Waals surface area (Å²) in [5, 5.41) is 4.01. The molecule has 1 aromatic heterocycles. The molecule has 2 N–H and O–H groups in total. The molecular weight excluding hydrogens is 194 g/mol. The molecule has 0 aliphatic carbocycles. The lowest BCUT2D eigenvalue weighted by Crippen LogP contribution is -2.24. The van der Waals surface area contributed by atoms with Crippen LogP contribution in [0.3, 0.4) is 0 Å². The van der Waals surface area contributed by atoms with Crippen molar-refractivity contribution >= 4 is 0 Å². The van der Waals surface area contributed by atoms with Gasteiger partial charge in [-0.25, -0.2) is 4.68 Å². The summed E-state index contributed by atoms with van der Waals surface area (Å²) >= 11 is 0. The Hall–Kier alpha value is -1.36. The lowest BCUT2D eigenvalue weighted by Gasteiger charge is -2.08. The second-order valence-electron chi connectivity index (χ2n) is 3.74. The molecule has 15 heavy (non-hydrogen) atoms. The topological polar surface area (TPSA) is 70.1 Å². The van der Waals surface area contributed by atoms with E-state index in [2.05, 4.69) is 5.10 Å². The molecule has 5 heteroatoms. The van der Waals surface area contributed by atoms with Crippen molar-refractivity contribution in [2.75, 3.05) is 13.2 Å². The molecular formula is C10H17N3O2. The van der Waals surface area contributed by atoms with Crippen LogP contribution in [0.4, 0.5) is 0 Å². The van der Waals surface area contributed by atoms with Crippen molar-refractivity contribution in [3.63, 3.8) is 0 Å². The summed E-state index contributed by atoms with van der Waals surface area (Å²) in [6, 6.07) is 1.44. The third-order valence-electron chi connectivity index (χ3n) is 1.77. The minimum Gasteiger partial charge on any atom is -0.490 e. The average molecular weight is 211 g/mol. The zero-order valence-electron chi connectivity index (χ0n) is 9.14. The van der Waals surface area contributed by atoms with E-state index in [1.807, 2.05) is 13.8 Å². The first-order valence-electron chi connectivity index (χ1n) is 5.03. The highest BCUT2D eigenvalue weighted by molar-refractivity contribution is 5.13. The number of rotatable bonds is 5. The maximum atomic E-state index is 11.5. The molecule has 0 aliphatic heterocycles. The Bertz CT molecular complexity index is 360. The Morgan fingerprint density at radius 3 is 2.87 bits per heavy atom. The lowest BCUT2D eigenvalue weighted by atomic mass is 10.2. The van der Waals surface area contributed by atoms with Gasteiger partial charge in [-0.1, -0.05) is 13.8 Å². The SMILES string of the molecule is CC(C)Cn1ncc(OCCN)cc1=O. The molecule has 0 saturated heterocycles. The molecule has 0 amide bonds. The van der Waals surface area contributed by atoms with E-state index in [-0.39, 0.29) is 5.56 Å². The summed E-state index contributed by atoms with van der Waals surface area (Å²) < 4.78 is 6.63.